The zero-order valence-electron chi connectivity index (χ0n) is 5.33. The minimum atomic E-state index is -0.993. The van der Waals surface area contributed by atoms with Crippen molar-refractivity contribution >= 4 is 0 Å². The highest BCUT2D eigenvalue weighted by atomic mass is 16.5. The number of rotatable bonds is 1. The minimum Gasteiger partial charge on any atom is -0.382 e. The Morgan fingerprint density at radius 2 is 2.33 bits per heavy atom. The predicted molar refractivity (Wildman–Crippen MR) is 29.5 cm³/mol. The van der Waals surface area contributed by atoms with Crippen LogP contribution in [0.25, 0.3) is 0 Å². The van der Waals surface area contributed by atoms with Crippen molar-refractivity contribution in [3.8, 4) is 0 Å². The molecule has 1 aromatic rings. The molecule has 1 N–H and O–H groups in total. The van der Waals surface area contributed by atoms with Crippen LogP contribution in [0, 0.1) is 0 Å². The van der Waals surface area contributed by atoms with E-state index in [1.165, 1.54) is 6.39 Å². The fourth-order valence-electron chi connectivity index (χ4n) is 0.440. The van der Waals surface area contributed by atoms with E-state index >= 15 is 0 Å². The molecule has 4 nitrogen and oxygen atoms in total. The highest BCUT2D eigenvalue weighted by Crippen LogP contribution is 2.12. The van der Waals surface area contributed by atoms with E-state index in [2.05, 4.69) is 14.7 Å². The van der Waals surface area contributed by atoms with Gasteiger partial charge in [-0.15, -0.1) is 0 Å². The first-order chi connectivity index (χ1) is 4.11. The van der Waals surface area contributed by atoms with E-state index in [1.54, 1.807) is 13.8 Å². The molecule has 0 fully saturated rings. The molecule has 0 unspecified atom stereocenters. The summed E-state index contributed by atoms with van der Waals surface area (Å²) in [5, 5.41) is 12.6. The quantitative estimate of drug-likeness (QED) is 0.590. The maximum atomic E-state index is 9.19. The number of nitrogens with zero attached hydrogens (tertiary/aromatic N) is 2. The lowest BCUT2D eigenvalue weighted by atomic mass is 10.1. The summed E-state index contributed by atoms with van der Waals surface area (Å²) in [6, 6.07) is 0. The lowest BCUT2D eigenvalue weighted by Crippen LogP contribution is -2.17. The van der Waals surface area contributed by atoms with Crippen LogP contribution in [-0.4, -0.2) is 15.2 Å². The zero-order valence-corrected chi connectivity index (χ0v) is 5.33. The van der Waals surface area contributed by atoms with Crippen LogP contribution < -0.4 is 0 Å². The Hall–Kier alpha value is -0.900. The molecular weight excluding hydrogens is 120 g/mol. The summed E-state index contributed by atoms with van der Waals surface area (Å²) in [6.07, 6.45) is 1.19. The van der Waals surface area contributed by atoms with E-state index in [-0.39, 0.29) is 0 Å². The molecule has 1 aromatic heterocycles. The Morgan fingerprint density at radius 1 is 1.67 bits per heavy atom. The molecule has 0 aromatic carbocycles. The van der Waals surface area contributed by atoms with Crippen molar-refractivity contribution in [1.82, 2.24) is 10.1 Å². The molecule has 0 aliphatic carbocycles. The van der Waals surface area contributed by atoms with Gasteiger partial charge in [-0.1, -0.05) is 5.16 Å². The molecule has 0 bridgehead atoms. The molecule has 0 spiro atoms. The molecular formula is C5H8N2O2. The first-order valence-electron chi connectivity index (χ1n) is 2.60. The third kappa shape index (κ3) is 1.26. The van der Waals surface area contributed by atoms with E-state index in [9.17, 15) is 5.11 Å². The van der Waals surface area contributed by atoms with E-state index in [0.29, 0.717) is 5.82 Å². The van der Waals surface area contributed by atoms with Gasteiger partial charge in [0.15, 0.2) is 0 Å². The van der Waals surface area contributed by atoms with Gasteiger partial charge < -0.3 is 9.63 Å². The highest BCUT2D eigenvalue weighted by Gasteiger charge is 2.20. The van der Waals surface area contributed by atoms with Crippen LogP contribution in [0.3, 0.4) is 0 Å². The minimum absolute atomic E-state index is 0.308. The number of hydrogen-bond acceptors (Lipinski definition) is 4. The highest BCUT2D eigenvalue weighted by molar-refractivity contribution is 4.91. The standard InChI is InChI=1S/C5H8N2O2/c1-5(2,8)4-6-3-9-7-4/h3,8H,1-2H3. The van der Waals surface area contributed by atoms with Crippen LogP contribution in [-0.2, 0) is 5.60 Å². The Labute approximate surface area is 52.5 Å². The number of aromatic nitrogens is 2. The van der Waals surface area contributed by atoms with Crippen molar-refractivity contribution in [3.05, 3.63) is 12.2 Å². The molecule has 9 heavy (non-hydrogen) atoms. The molecule has 0 saturated heterocycles. The van der Waals surface area contributed by atoms with Crippen molar-refractivity contribution in [3.63, 3.8) is 0 Å². The maximum Gasteiger partial charge on any atom is 0.213 e. The summed E-state index contributed by atoms with van der Waals surface area (Å²) in [7, 11) is 0. The molecule has 0 aliphatic rings. The molecule has 50 valence electrons. The monoisotopic (exact) mass is 128 g/mol. The van der Waals surface area contributed by atoms with Crippen molar-refractivity contribution in [1.29, 1.82) is 0 Å². The van der Waals surface area contributed by atoms with Crippen molar-refractivity contribution < 1.29 is 9.63 Å². The second kappa shape index (κ2) is 1.80. The van der Waals surface area contributed by atoms with Gasteiger partial charge in [0.25, 0.3) is 0 Å². The predicted octanol–water partition coefficient (Wildman–Crippen LogP) is 0.297. The van der Waals surface area contributed by atoms with Crippen LogP contribution in [0.5, 0.6) is 0 Å². The van der Waals surface area contributed by atoms with Crippen molar-refractivity contribution in [2.24, 2.45) is 0 Å². The summed E-state index contributed by atoms with van der Waals surface area (Å²) in [5.41, 5.74) is -0.993. The van der Waals surface area contributed by atoms with Crippen LogP contribution in [0.1, 0.15) is 19.7 Å². The Kier molecular flexibility index (Phi) is 1.25. The molecule has 0 saturated carbocycles. The van der Waals surface area contributed by atoms with E-state index in [4.69, 9.17) is 0 Å². The molecule has 1 rings (SSSR count). The summed E-state index contributed by atoms with van der Waals surface area (Å²) in [4.78, 5) is 3.66. The molecule has 0 aliphatic heterocycles. The first-order valence-corrected chi connectivity index (χ1v) is 2.60. The smallest absolute Gasteiger partial charge is 0.213 e. The topological polar surface area (TPSA) is 59.2 Å². The number of aliphatic hydroxyl groups is 1. The van der Waals surface area contributed by atoms with E-state index < -0.39 is 5.60 Å². The van der Waals surface area contributed by atoms with Crippen LogP contribution in [0.15, 0.2) is 10.9 Å². The lowest BCUT2D eigenvalue weighted by molar-refractivity contribution is 0.0661. The van der Waals surface area contributed by atoms with Gasteiger partial charge in [-0.25, -0.2) is 0 Å². The third-order valence-corrected chi connectivity index (χ3v) is 0.909. The summed E-state index contributed by atoms with van der Waals surface area (Å²) in [5.74, 6) is 0.308. The zero-order chi connectivity index (χ0) is 6.91. The van der Waals surface area contributed by atoms with Gasteiger partial charge in [0, 0.05) is 0 Å². The fourth-order valence-corrected chi connectivity index (χ4v) is 0.440. The van der Waals surface area contributed by atoms with Gasteiger partial charge in [0.05, 0.1) is 0 Å². The summed E-state index contributed by atoms with van der Waals surface area (Å²) >= 11 is 0. The van der Waals surface area contributed by atoms with Crippen LogP contribution >= 0.6 is 0 Å². The SMILES string of the molecule is CC(C)(O)c1ncon1. The molecule has 0 radical (unpaired) electrons. The Morgan fingerprint density at radius 3 is 2.56 bits per heavy atom. The average Bonchev–Trinajstić information content (AvgIpc) is 2.08. The summed E-state index contributed by atoms with van der Waals surface area (Å²) in [6.45, 7) is 3.19. The van der Waals surface area contributed by atoms with E-state index in [0.717, 1.165) is 0 Å². The van der Waals surface area contributed by atoms with Crippen LogP contribution in [0.4, 0.5) is 0 Å². The lowest BCUT2D eigenvalue weighted by Gasteiger charge is -2.09. The van der Waals surface area contributed by atoms with Gasteiger partial charge >= 0.3 is 0 Å². The summed E-state index contributed by atoms with van der Waals surface area (Å²) < 4.78 is 4.42. The molecule has 1 heterocycles. The second-order valence-corrected chi connectivity index (χ2v) is 2.31. The normalized spacial score (nSPS) is 11.9. The first kappa shape index (κ1) is 6.22. The van der Waals surface area contributed by atoms with Gasteiger partial charge in [0.2, 0.25) is 12.2 Å². The maximum absolute atomic E-state index is 9.19. The van der Waals surface area contributed by atoms with Gasteiger partial charge in [-0.3, -0.25) is 0 Å². The van der Waals surface area contributed by atoms with Gasteiger partial charge in [0.1, 0.15) is 5.60 Å². The largest absolute Gasteiger partial charge is 0.382 e. The van der Waals surface area contributed by atoms with Gasteiger partial charge in [-0.2, -0.15) is 4.98 Å². The third-order valence-electron chi connectivity index (χ3n) is 0.909. The molecule has 0 atom stereocenters. The molecule has 4 heteroatoms. The van der Waals surface area contributed by atoms with Gasteiger partial charge in [-0.05, 0) is 13.8 Å². The second-order valence-electron chi connectivity index (χ2n) is 2.31. The fraction of sp³-hybridized carbons (Fsp3) is 0.600. The Bertz CT molecular complexity index is 175. The Balaban J connectivity index is 2.90. The average molecular weight is 128 g/mol. The number of hydrogen-bond donors (Lipinski definition) is 1. The van der Waals surface area contributed by atoms with Crippen molar-refractivity contribution in [2.75, 3.05) is 0 Å². The van der Waals surface area contributed by atoms with Crippen molar-refractivity contribution in [2.45, 2.75) is 19.4 Å². The van der Waals surface area contributed by atoms with Crippen LogP contribution in [0.2, 0.25) is 0 Å². The molecule has 0 amide bonds. The van der Waals surface area contributed by atoms with E-state index in [1.807, 2.05) is 0 Å².